The molecule has 3 aromatic rings. The van der Waals surface area contributed by atoms with Gasteiger partial charge in [0.1, 0.15) is 5.92 Å². The van der Waals surface area contributed by atoms with Crippen molar-refractivity contribution in [3.8, 4) is 0 Å². The van der Waals surface area contributed by atoms with E-state index in [0.717, 1.165) is 5.56 Å². The van der Waals surface area contributed by atoms with Gasteiger partial charge in [-0.1, -0.05) is 48.0 Å². The number of carbonyl (C=O) groups is 3. The third kappa shape index (κ3) is 3.14. The molecule has 2 saturated heterocycles. The molecule has 2 heterocycles. The van der Waals surface area contributed by atoms with Crippen LogP contribution < -0.4 is 9.96 Å². The van der Waals surface area contributed by atoms with Crippen LogP contribution in [0.25, 0.3) is 0 Å². The maximum Gasteiger partial charge on any atom is 0.335 e. The van der Waals surface area contributed by atoms with Gasteiger partial charge < -0.3 is 5.11 Å². The Labute approximate surface area is 184 Å². The van der Waals surface area contributed by atoms with Gasteiger partial charge in [-0.15, -0.1) is 0 Å². The van der Waals surface area contributed by atoms with Gasteiger partial charge in [0, 0.05) is 0 Å². The van der Waals surface area contributed by atoms with E-state index in [1.165, 1.54) is 17.0 Å². The lowest BCUT2D eigenvalue weighted by Gasteiger charge is -2.28. The van der Waals surface area contributed by atoms with E-state index >= 15 is 0 Å². The minimum absolute atomic E-state index is 0.144. The molecular formula is C25H20N2O5. The summed E-state index contributed by atoms with van der Waals surface area (Å²) in [6, 6.07) is 22.2. The molecule has 3 aromatic carbocycles. The predicted molar refractivity (Wildman–Crippen MR) is 117 cm³/mol. The third-order valence-electron chi connectivity index (χ3n) is 5.92. The van der Waals surface area contributed by atoms with Gasteiger partial charge in [-0.25, -0.2) is 14.8 Å². The molecule has 2 amide bonds. The molecule has 2 aliphatic rings. The molecule has 0 aliphatic carbocycles. The van der Waals surface area contributed by atoms with Gasteiger partial charge >= 0.3 is 5.97 Å². The van der Waals surface area contributed by atoms with E-state index in [1.54, 1.807) is 29.3 Å². The first-order valence-electron chi connectivity index (χ1n) is 10.2. The molecular weight excluding hydrogens is 408 g/mol. The number of hydrogen-bond acceptors (Lipinski definition) is 5. The number of rotatable bonds is 4. The fraction of sp³-hybridized carbons (Fsp3) is 0.160. The van der Waals surface area contributed by atoms with Gasteiger partial charge in [0.25, 0.3) is 5.91 Å². The number of carbonyl (C=O) groups excluding carboxylic acids is 2. The van der Waals surface area contributed by atoms with Gasteiger partial charge in [0.05, 0.1) is 23.0 Å². The molecule has 2 aliphatic heterocycles. The van der Waals surface area contributed by atoms with Crippen molar-refractivity contribution in [1.29, 1.82) is 0 Å². The van der Waals surface area contributed by atoms with Gasteiger partial charge in [-0.2, -0.15) is 0 Å². The normalized spacial score (nSPS) is 22.3. The maximum absolute atomic E-state index is 13.5. The van der Waals surface area contributed by atoms with Crippen molar-refractivity contribution in [3.63, 3.8) is 0 Å². The molecule has 0 unspecified atom stereocenters. The van der Waals surface area contributed by atoms with Gasteiger partial charge in [-0.05, 0) is 48.9 Å². The average Bonchev–Trinajstić information content (AvgIpc) is 3.31. The van der Waals surface area contributed by atoms with E-state index in [9.17, 15) is 19.5 Å². The topological polar surface area (TPSA) is 87.2 Å². The molecule has 5 rings (SSSR count). The second-order valence-electron chi connectivity index (χ2n) is 7.93. The number of aryl methyl sites for hydroxylation is 1. The fourth-order valence-electron chi connectivity index (χ4n) is 4.32. The summed E-state index contributed by atoms with van der Waals surface area (Å²) in [7, 11) is 0. The minimum Gasteiger partial charge on any atom is -0.478 e. The van der Waals surface area contributed by atoms with Crippen LogP contribution in [0.5, 0.6) is 0 Å². The quantitative estimate of drug-likeness (QED) is 0.637. The molecule has 1 N–H and O–H groups in total. The number of benzene rings is 3. The molecule has 32 heavy (non-hydrogen) atoms. The molecule has 0 aromatic heterocycles. The highest BCUT2D eigenvalue weighted by atomic mass is 16.7. The Morgan fingerprint density at radius 2 is 1.50 bits per heavy atom. The van der Waals surface area contributed by atoms with E-state index in [1.807, 2.05) is 49.4 Å². The Hall–Kier alpha value is -3.97. The summed E-state index contributed by atoms with van der Waals surface area (Å²) in [6.45, 7) is 1.93. The number of nitrogens with zero attached hydrogens (tertiary/aromatic N) is 2. The van der Waals surface area contributed by atoms with Crippen LogP contribution in [0.3, 0.4) is 0 Å². The lowest BCUT2D eigenvalue weighted by molar-refractivity contribution is -0.126. The van der Waals surface area contributed by atoms with Crippen molar-refractivity contribution in [2.75, 3.05) is 9.96 Å². The average molecular weight is 428 g/mol. The standard InChI is InChI=1S/C25H20N2O5/c1-15-7-13-18(14-8-15)26-23(28)20-21(16-9-11-17(12-10-16)25(30)31)27(32-22(20)24(26)29)19-5-3-2-4-6-19/h2-14,20-22H,1H3,(H,30,31)/t20-,21-,22-/m1/s1. The lowest BCUT2D eigenvalue weighted by Crippen LogP contribution is -2.37. The molecule has 3 atom stereocenters. The number of fused-ring (bicyclic) bond motifs is 1. The summed E-state index contributed by atoms with van der Waals surface area (Å²) in [6.07, 6.45) is -0.965. The highest BCUT2D eigenvalue weighted by molar-refractivity contribution is 6.23. The van der Waals surface area contributed by atoms with Crippen molar-refractivity contribution in [2.24, 2.45) is 5.92 Å². The molecule has 2 fully saturated rings. The first-order valence-corrected chi connectivity index (χ1v) is 10.2. The Kier molecular flexibility index (Phi) is 4.75. The van der Waals surface area contributed by atoms with Crippen molar-refractivity contribution in [1.82, 2.24) is 0 Å². The third-order valence-corrected chi connectivity index (χ3v) is 5.92. The number of hydroxylamine groups is 1. The molecule has 160 valence electrons. The molecule has 0 spiro atoms. The summed E-state index contributed by atoms with van der Waals surface area (Å²) in [5, 5.41) is 10.8. The highest BCUT2D eigenvalue weighted by Crippen LogP contribution is 2.47. The van der Waals surface area contributed by atoms with Crippen LogP contribution in [-0.4, -0.2) is 29.0 Å². The highest BCUT2D eigenvalue weighted by Gasteiger charge is 2.60. The van der Waals surface area contributed by atoms with Crippen molar-refractivity contribution < 1.29 is 24.3 Å². The van der Waals surface area contributed by atoms with E-state index in [4.69, 9.17) is 4.84 Å². The Morgan fingerprint density at radius 1 is 0.844 bits per heavy atom. The van der Waals surface area contributed by atoms with Crippen molar-refractivity contribution in [2.45, 2.75) is 19.1 Å². The number of hydrogen-bond donors (Lipinski definition) is 1. The number of amides is 2. The van der Waals surface area contributed by atoms with Crippen molar-refractivity contribution in [3.05, 3.63) is 95.6 Å². The van der Waals surface area contributed by atoms with Crippen LogP contribution in [-0.2, 0) is 14.4 Å². The Balaban J connectivity index is 1.57. The first-order chi connectivity index (χ1) is 15.5. The monoisotopic (exact) mass is 428 g/mol. The Bertz CT molecular complexity index is 1190. The zero-order valence-corrected chi connectivity index (χ0v) is 17.2. The zero-order chi connectivity index (χ0) is 22.4. The summed E-state index contributed by atoms with van der Waals surface area (Å²) in [5.74, 6) is -2.54. The number of para-hydroxylation sites is 1. The summed E-state index contributed by atoms with van der Waals surface area (Å²) in [5.41, 5.74) is 3.08. The van der Waals surface area contributed by atoms with Gasteiger partial charge in [0.2, 0.25) is 5.91 Å². The molecule has 0 saturated carbocycles. The summed E-state index contributed by atoms with van der Waals surface area (Å²) >= 11 is 0. The van der Waals surface area contributed by atoms with Crippen LogP contribution in [0.1, 0.15) is 27.5 Å². The molecule has 0 radical (unpaired) electrons. The van der Waals surface area contributed by atoms with Gasteiger partial charge in [-0.3, -0.25) is 14.4 Å². The number of aromatic carboxylic acids is 1. The fourth-order valence-corrected chi connectivity index (χ4v) is 4.32. The van der Waals surface area contributed by atoms with Crippen LogP contribution in [0, 0.1) is 12.8 Å². The van der Waals surface area contributed by atoms with Crippen LogP contribution in [0.15, 0.2) is 78.9 Å². The van der Waals surface area contributed by atoms with E-state index in [-0.39, 0.29) is 11.5 Å². The molecule has 7 nitrogen and oxygen atoms in total. The van der Waals surface area contributed by atoms with E-state index < -0.39 is 29.9 Å². The number of imide groups is 1. The second kappa shape index (κ2) is 7.62. The molecule has 7 heteroatoms. The number of carboxylic acids is 1. The Morgan fingerprint density at radius 3 is 2.12 bits per heavy atom. The van der Waals surface area contributed by atoms with Crippen LogP contribution >= 0.6 is 0 Å². The summed E-state index contributed by atoms with van der Waals surface area (Å²) in [4.78, 5) is 45.3. The molecule has 0 bridgehead atoms. The number of anilines is 2. The van der Waals surface area contributed by atoms with Gasteiger partial charge in [0.15, 0.2) is 6.10 Å². The number of carboxylic acid groups (broad SMARTS) is 1. The second-order valence-corrected chi connectivity index (χ2v) is 7.93. The first kappa shape index (κ1) is 20.0. The van der Waals surface area contributed by atoms with Crippen molar-refractivity contribution >= 4 is 29.2 Å². The minimum atomic E-state index is -1.03. The zero-order valence-electron chi connectivity index (χ0n) is 17.2. The SMILES string of the molecule is Cc1ccc(N2C(=O)[C@@H]3[C@@H](c4ccc(C(=O)O)cc4)N(c4ccccc4)O[C@H]3C2=O)cc1. The summed E-state index contributed by atoms with van der Waals surface area (Å²) < 4.78 is 0. The van der Waals surface area contributed by atoms with Crippen LogP contribution in [0.4, 0.5) is 11.4 Å². The van der Waals surface area contributed by atoms with E-state index in [0.29, 0.717) is 16.9 Å². The van der Waals surface area contributed by atoms with Crippen LogP contribution in [0.2, 0.25) is 0 Å². The maximum atomic E-state index is 13.5. The predicted octanol–water partition coefficient (Wildman–Crippen LogP) is 3.74. The smallest absolute Gasteiger partial charge is 0.335 e. The largest absolute Gasteiger partial charge is 0.478 e. The van der Waals surface area contributed by atoms with E-state index in [2.05, 4.69) is 0 Å². The lowest BCUT2D eigenvalue weighted by atomic mass is 9.90.